The van der Waals surface area contributed by atoms with Gasteiger partial charge in [-0.15, -0.1) is 0 Å². The molecule has 2 amide bonds. The largest absolute Gasteiger partial charge is 0.505 e. The van der Waals surface area contributed by atoms with Gasteiger partial charge in [0, 0.05) is 18.9 Å². The highest BCUT2D eigenvalue weighted by Gasteiger charge is 2.14. The molecular weight excluding hydrogens is 336 g/mol. The van der Waals surface area contributed by atoms with Crippen LogP contribution < -0.4 is 10.6 Å². The summed E-state index contributed by atoms with van der Waals surface area (Å²) in [5.74, 6) is -0.793. The summed E-state index contributed by atoms with van der Waals surface area (Å²) in [6.07, 6.45) is 4.49. The Morgan fingerprint density at radius 3 is 2.77 bits per heavy atom. The molecule has 4 N–H and O–H groups in total. The van der Waals surface area contributed by atoms with Crippen LogP contribution >= 0.6 is 0 Å². The highest BCUT2D eigenvalue weighted by atomic mass is 16.3. The van der Waals surface area contributed by atoms with Gasteiger partial charge < -0.3 is 15.7 Å². The Hall–Kier alpha value is -3.75. The van der Waals surface area contributed by atoms with Crippen molar-refractivity contribution >= 4 is 17.6 Å². The minimum absolute atomic E-state index is 0.0947. The average molecular weight is 352 g/mol. The summed E-state index contributed by atoms with van der Waals surface area (Å²) in [5.41, 5.74) is 1.80. The Morgan fingerprint density at radius 2 is 2.04 bits per heavy atom. The third-order valence-corrected chi connectivity index (χ3v) is 3.58. The van der Waals surface area contributed by atoms with E-state index in [1.54, 1.807) is 25.3 Å². The molecule has 9 nitrogen and oxygen atoms in total. The predicted octanol–water partition coefficient (Wildman–Crippen LogP) is 1.40. The van der Waals surface area contributed by atoms with E-state index in [1.165, 1.54) is 24.5 Å². The fourth-order valence-electron chi connectivity index (χ4n) is 2.25. The van der Waals surface area contributed by atoms with Crippen molar-refractivity contribution in [3.05, 3.63) is 65.4 Å². The van der Waals surface area contributed by atoms with Gasteiger partial charge in [-0.3, -0.25) is 14.7 Å². The molecule has 0 aliphatic carbocycles. The van der Waals surface area contributed by atoms with Gasteiger partial charge in [-0.05, 0) is 42.3 Å². The van der Waals surface area contributed by atoms with Crippen LogP contribution in [0, 0.1) is 6.92 Å². The van der Waals surface area contributed by atoms with Crippen LogP contribution in [0.15, 0.2) is 42.9 Å². The van der Waals surface area contributed by atoms with E-state index < -0.39 is 5.91 Å². The second kappa shape index (κ2) is 7.43. The van der Waals surface area contributed by atoms with E-state index in [2.05, 4.69) is 30.8 Å². The number of amides is 2. The second-order valence-corrected chi connectivity index (χ2v) is 5.49. The number of carbonyl (C=O) groups is 2. The molecule has 0 aromatic carbocycles. The Bertz CT molecular complexity index is 953. The predicted molar refractivity (Wildman–Crippen MR) is 92.6 cm³/mol. The standard InChI is InChI=1S/C17H16N6O3/c1-10-8-21-23-14(10)16(25)20-9-11-4-6-18-13(7-11)22-17(26)15-12(24)3-2-5-19-15/h2-8,24H,9H2,1H3,(H,20,25)(H,21,23)(H,18,22,26). The first-order chi connectivity index (χ1) is 12.5. The van der Waals surface area contributed by atoms with Crippen LogP contribution in [-0.2, 0) is 6.54 Å². The molecule has 0 saturated carbocycles. The molecule has 0 aliphatic rings. The van der Waals surface area contributed by atoms with E-state index in [1.807, 2.05) is 0 Å². The number of anilines is 1. The molecule has 0 bridgehead atoms. The lowest BCUT2D eigenvalue weighted by molar-refractivity contribution is 0.0944. The molecular formula is C17H16N6O3. The maximum Gasteiger partial charge on any atom is 0.279 e. The summed E-state index contributed by atoms with van der Waals surface area (Å²) in [6, 6.07) is 6.24. The number of hydrogen-bond acceptors (Lipinski definition) is 6. The van der Waals surface area contributed by atoms with Crippen LogP contribution in [0.25, 0.3) is 0 Å². The van der Waals surface area contributed by atoms with Gasteiger partial charge in [0.2, 0.25) is 0 Å². The molecule has 0 aliphatic heterocycles. The fraction of sp³-hybridized carbons (Fsp3) is 0.118. The van der Waals surface area contributed by atoms with Crippen molar-refractivity contribution in [2.45, 2.75) is 13.5 Å². The van der Waals surface area contributed by atoms with Gasteiger partial charge >= 0.3 is 0 Å². The highest BCUT2D eigenvalue weighted by Crippen LogP contribution is 2.15. The molecule has 3 heterocycles. The van der Waals surface area contributed by atoms with Crippen LogP contribution in [0.3, 0.4) is 0 Å². The number of aromatic nitrogens is 4. The first-order valence-corrected chi connectivity index (χ1v) is 7.73. The van der Waals surface area contributed by atoms with Crippen molar-refractivity contribution < 1.29 is 14.7 Å². The van der Waals surface area contributed by atoms with Gasteiger partial charge in [-0.2, -0.15) is 5.10 Å². The van der Waals surface area contributed by atoms with Gasteiger partial charge in [0.15, 0.2) is 5.69 Å². The lowest BCUT2D eigenvalue weighted by Gasteiger charge is -2.08. The van der Waals surface area contributed by atoms with Crippen molar-refractivity contribution in [2.24, 2.45) is 0 Å². The van der Waals surface area contributed by atoms with E-state index in [9.17, 15) is 14.7 Å². The first-order valence-electron chi connectivity index (χ1n) is 7.73. The summed E-state index contributed by atoms with van der Waals surface area (Å²) < 4.78 is 0. The number of carbonyl (C=O) groups excluding carboxylic acids is 2. The maximum atomic E-state index is 12.2. The fourth-order valence-corrected chi connectivity index (χ4v) is 2.25. The van der Waals surface area contributed by atoms with Gasteiger partial charge in [-0.1, -0.05) is 0 Å². The average Bonchev–Trinajstić information content (AvgIpc) is 3.06. The number of nitrogens with one attached hydrogen (secondary N) is 3. The topological polar surface area (TPSA) is 133 Å². The van der Waals surface area contributed by atoms with Crippen LogP contribution in [0.2, 0.25) is 0 Å². The molecule has 0 saturated heterocycles. The lowest BCUT2D eigenvalue weighted by Crippen LogP contribution is -2.24. The Kier molecular flexibility index (Phi) is 4.88. The van der Waals surface area contributed by atoms with Gasteiger partial charge in [0.1, 0.15) is 17.3 Å². The monoisotopic (exact) mass is 352 g/mol. The third-order valence-electron chi connectivity index (χ3n) is 3.58. The molecule has 0 atom stereocenters. The van der Waals surface area contributed by atoms with Crippen molar-refractivity contribution in [1.29, 1.82) is 0 Å². The van der Waals surface area contributed by atoms with E-state index in [0.717, 1.165) is 11.1 Å². The zero-order valence-electron chi connectivity index (χ0n) is 13.9. The van der Waals surface area contributed by atoms with E-state index in [-0.39, 0.29) is 29.7 Å². The molecule has 9 heteroatoms. The van der Waals surface area contributed by atoms with Crippen molar-refractivity contribution in [3.63, 3.8) is 0 Å². The summed E-state index contributed by atoms with van der Waals surface area (Å²) in [6.45, 7) is 2.03. The summed E-state index contributed by atoms with van der Waals surface area (Å²) >= 11 is 0. The molecule has 3 rings (SSSR count). The van der Waals surface area contributed by atoms with Crippen molar-refractivity contribution in [1.82, 2.24) is 25.5 Å². The van der Waals surface area contributed by atoms with Gasteiger partial charge in [0.05, 0.1) is 6.20 Å². The SMILES string of the molecule is Cc1cn[nH]c1C(=O)NCc1ccnc(NC(=O)c2ncccc2O)c1. The Balaban J connectivity index is 1.65. The number of nitrogens with zero attached hydrogens (tertiary/aromatic N) is 3. The van der Waals surface area contributed by atoms with Crippen molar-refractivity contribution in [3.8, 4) is 5.75 Å². The number of pyridine rings is 2. The molecule has 3 aromatic heterocycles. The van der Waals surface area contributed by atoms with Crippen LogP contribution in [-0.4, -0.2) is 37.1 Å². The van der Waals surface area contributed by atoms with Gasteiger partial charge in [0.25, 0.3) is 11.8 Å². The van der Waals surface area contributed by atoms with Crippen LogP contribution in [0.5, 0.6) is 5.75 Å². The lowest BCUT2D eigenvalue weighted by atomic mass is 10.2. The number of aromatic amines is 1. The number of H-pyrrole nitrogens is 1. The van der Waals surface area contributed by atoms with Gasteiger partial charge in [-0.25, -0.2) is 9.97 Å². The zero-order valence-corrected chi connectivity index (χ0v) is 13.9. The summed E-state index contributed by atoms with van der Waals surface area (Å²) in [7, 11) is 0. The summed E-state index contributed by atoms with van der Waals surface area (Å²) in [5, 5.41) is 21.4. The van der Waals surface area contributed by atoms with E-state index in [0.29, 0.717) is 5.69 Å². The molecule has 0 radical (unpaired) electrons. The molecule has 132 valence electrons. The zero-order chi connectivity index (χ0) is 18.5. The smallest absolute Gasteiger partial charge is 0.279 e. The first kappa shape index (κ1) is 17.1. The summed E-state index contributed by atoms with van der Waals surface area (Å²) in [4.78, 5) is 32.1. The quantitative estimate of drug-likeness (QED) is 0.548. The Morgan fingerprint density at radius 1 is 1.19 bits per heavy atom. The Labute approximate surface area is 148 Å². The van der Waals surface area contributed by atoms with E-state index >= 15 is 0 Å². The molecule has 26 heavy (non-hydrogen) atoms. The molecule has 0 spiro atoms. The molecule has 3 aromatic rings. The number of hydrogen-bond donors (Lipinski definition) is 4. The number of aromatic hydroxyl groups is 1. The molecule has 0 unspecified atom stereocenters. The maximum absolute atomic E-state index is 12.2. The second-order valence-electron chi connectivity index (χ2n) is 5.49. The minimum Gasteiger partial charge on any atom is -0.505 e. The van der Waals surface area contributed by atoms with Crippen LogP contribution in [0.4, 0.5) is 5.82 Å². The molecule has 0 fully saturated rings. The third kappa shape index (κ3) is 3.83. The normalized spacial score (nSPS) is 10.3. The van der Waals surface area contributed by atoms with Crippen molar-refractivity contribution in [2.75, 3.05) is 5.32 Å². The van der Waals surface area contributed by atoms with E-state index in [4.69, 9.17) is 0 Å². The minimum atomic E-state index is -0.579. The highest BCUT2D eigenvalue weighted by molar-refractivity contribution is 6.04. The van der Waals surface area contributed by atoms with Crippen LogP contribution in [0.1, 0.15) is 32.1 Å². The number of rotatable bonds is 5. The number of aryl methyl sites for hydroxylation is 1.